The lowest BCUT2D eigenvalue weighted by Crippen LogP contribution is -2.06. The lowest BCUT2D eigenvalue weighted by Gasteiger charge is -2.09. The molecular weight excluding hydrogens is 238 g/mol. The Morgan fingerprint density at radius 2 is 2.06 bits per heavy atom. The van der Waals surface area contributed by atoms with Gasteiger partial charge in [-0.05, 0) is 24.3 Å². The van der Waals surface area contributed by atoms with Crippen LogP contribution in [0.2, 0.25) is 0 Å². The zero-order valence-corrected chi connectivity index (χ0v) is 8.80. The summed E-state index contributed by atoms with van der Waals surface area (Å²) in [4.78, 5) is 0. The molecule has 0 fully saturated rings. The fourth-order valence-corrected chi connectivity index (χ4v) is 1.10. The number of ether oxygens (including phenoxy) is 1. The SMILES string of the molecule is NCC=C(F)COc1cccc(C(F)(F)F)c1. The Balaban J connectivity index is 2.70. The number of nitrogens with two attached hydrogens (primary N) is 1. The second kappa shape index (κ2) is 5.67. The largest absolute Gasteiger partial charge is 0.487 e. The molecular formula is C11H11F4NO. The second-order valence-electron chi connectivity index (χ2n) is 3.20. The number of hydrogen-bond donors (Lipinski definition) is 1. The smallest absolute Gasteiger partial charge is 0.416 e. The van der Waals surface area contributed by atoms with Crippen LogP contribution < -0.4 is 10.5 Å². The van der Waals surface area contributed by atoms with Crippen molar-refractivity contribution in [1.29, 1.82) is 0 Å². The van der Waals surface area contributed by atoms with Gasteiger partial charge in [0.15, 0.2) is 0 Å². The third-order valence-corrected chi connectivity index (χ3v) is 1.88. The van der Waals surface area contributed by atoms with Crippen LogP contribution in [0.25, 0.3) is 0 Å². The molecule has 94 valence electrons. The molecule has 1 aromatic rings. The fourth-order valence-electron chi connectivity index (χ4n) is 1.10. The number of alkyl halides is 3. The van der Waals surface area contributed by atoms with Gasteiger partial charge in [0, 0.05) is 6.54 Å². The lowest BCUT2D eigenvalue weighted by molar-refractivity contribution is -0.137. The van der Waals surface area contributed by atoms with Crippen molar-refractivity contribution < 1.29 is 22.3 Å². The van der Waals surface area contributed by atoms with Crippen molar-refractivity contribution in [1.82, 2.24) is 0 Å². The van der Waals surface area contributed by atoms with Gasteiger partial charge in [0.2, 0.25) is 0 Å². The third-order valence-electron chi connectivity index (χ3n) is 1.88. The first-order valence-corrected chi connectivity index (χ1v) is 4.78. The van der Waals surface area contributed by atoms with Gasteiger partial charge in [-0.3, -0.25) is 0 Å². The van der Waals surface area contributed by atoms with Crippen LogP contribution in [0.4, 0.5) is 17.6 Å². The van der Waals surface area contributed by atoms with Crippen molar-refractivity contribution >= 4 is 0 Å². The summed E-state index contributed by atoms with van der Waals surface area (Å²) in [5.41, 5.74) is 4.22. The summed E-state index contributed by atoms with van der Waals surface area (Å²) in [6.07, 6.45) is -3.35. The first-order chi connectivity index (χ1) is 7.93. The monoisotopic (exact) mass is 249 g/mol. The van der Waals surface area contributed by atoms with Gasteiger partial charge >= 0.3 is 6.18 Å². The van der Waals surface area contributed by atoms with E-state index in [-0.39, 0.29) is 12.3 Å². The molecule has 0 atom stereocenters. The van der Waals surface area contributed by atoms with E-state index in [0.29, 0.717) is 0 Å². The Hall–Kier alpha value is -1.56. The fraction of sp³-hybridized carbons (Fsp3) is 0.273. The molecule has 0 saturated carbocycles. The summed E-state index contributed by atoms with van der Waals surface area (Å²) < 4.78 is 54.7. The predicted molar refractivity (Wildman–Crippen MR) is 55.2 cm³/mol. The highest BCUT2D eigenvalue weighted by molar-refractivity contribution is 5.30. The molecule has 0 saturated heterocycles. The topological polar surface area (TPSA) is 35.2 Å². The van der Waals surface area contributed by atoms with E-state index in [1.165, 1.54) is 12.1 Å². The number of rotatable bonds is 4. The lowest BCUT2D eigenvalue weighted by atomic mass is 10.2. The first kappa shape index (κ1) is 13.5. The van der Waals surface area contributed by atoms with E-state index in [4.69, 9.17) is 10.5 Å². The highest BCUT2D eigenvalue weighted by Gasteiger charge is 2.30. The molecule has 0 radical (unpaired) electrons. The van der Waals surface area contributed by atoms with Gasteiger partial charge in [0.05, 0.1) is 5.56 Å². The van der Waals surface area contributed by atoms with Crippen LogP contribution >= 0.6 is 0 Å². The molecule has 0 aliphatic rings. The molecule has 6 heteroatoms. The zero-order valence-electron chi connectivity index (χ0n) is 8.80. The minimum Gasteiger partial charge on any atom is -0.487 e. The minimum atomic E-state index is -4.44. The molecule has 2 N–H and O–H groups in total. The molecule has 0 aliphatic heterocycles. The van der Waals surface area contributed by atoms with E-state index >= 15 is 0 Å². The Bertz CT molecular complexity index is 401. The van der Waals surface area contributed by atoms with E-state index in [0.717, 1.165) is 18.2 Å². The van der Waals surface area contributed by atoms with Crippen molar-refractivity contribution in [2.24, 2.45) is 5.73 Å². The Morgan fingerprint density at radius 3 is 2.65 bits per heavy atom. The van der Waals surface area contributed by atoms with E-state index in [1.54, 1.807) is 0 Å². The minimum absolute atomic E-state index is 0.0117. The third kappa shape index (κ3) is 4.44. The highest BCUT2D eigenvalue weighted by Crippen LogP contribution is 2.31. The van der Waals surface area contributed by atoms with E-state index in [9.17, 15) is 17.6 Å². The average Bonchev–Trinajstić information content (AvgIpc) is 2.26. The van der Waals surface area contributed by atoms with Crippen LogP contribution in [0, 0.1) is 0 Å². The maximum atomic E-state index is 12.9. The van der Waals surface area contributed by atoms with Crippen molar-refractivity contribution in [2.45, 2.75) is 6.18 Å². The summed E-state index contributed by atoms with van der Waals surface area (Å²) in [5.74, 6) is -0.662. The molecule has 2 nitrogen and oxygen atoms in total. The van der Waals surface area contributed by atoms with Crippen LogP contribution in [0.15, 0.2) is 36.2 Å². The molecule has 0 amide bonds. The van der Waals surface area contributed by atoms with Gasteiger partial charge in [0.25, 0.3) is 0 Å². The van der Waals surface area contributed by atoms with E-state index in [1.807, 2.05) is 0 Å². The normalized spacial score (nSPS) is 12.6. The maximum absolute atomic E-state index is 12.9. The van der Waals surface area contributed by atoms with Gasteiger partial charge in [0.1, 0.15) is 18.2 Å². The van der Waals surface area contributed by atoms with Crippen molar-refractivity contribution in [2.75, 3.05) is 13.2 Å². The summed E-state index contributed by atoms with van der Waals surface area (Å²) in [7, 11) is 0. The molecule has 0 aromatic heterocycles. The van der Waals surface area contributed by atoms with Crippen LogP contribution in [-0.2, 0) is 6.18 Å². The first-order valence-electron chi connectivity index (χ1n) is 4.78. The molecule has 17 heavy (non-hydrogen) atoms. The average molecular weight is 249 g/mol. The molecule has 0 heterocycles. The van der Waals surface area contributed by atoms with Crippen LogP contribution in [0.1, 0.15) is 5.56 Å². The number of benzene rings is 1. The molecule has 0 unspecified atom stereocenters. The van der Waals surface area contributed by atoms with Crippen LogP contribution in [0.5, 0.6) is 5.75 Å². The van der Waals surface area contributed by atoms with Gasteiger partial charge in [-0.2, -0.15) is 13.2 Å². The molecule has 1 aromatic carbocycles. The Labute approximate surface area is 95.7 Å². The van der Waals surface area contributed by atoms with Gasteiger partial charge in [-0.1, -0.05) is 6.07 Å². The van der Waals surface area contributed by atoms with Gasteiger partial charge in [-0.25, -0.2) is 4.39 Å². The van der Waals surface area contributed by atoms with Crippen molar-refractivity contribution in [3.8, 4) is 5.75 Å². The molecule has 1 rings (SSSR count). The summed E-state index contributed by atoms with van der Waals surface area (Å²) in [6, 6.07) is 4.25. The van der Waals surface area contributed by atoms with Crippen LogP contribution in [0.3, 0.4) is 0 Å². The second-order valence-corrected chi connectivity index (χ2v) is 3.20. The molecule has 0 bridgehead atoms. The highest BCUT2D eigenvalue weighted by atomic mass is 19.4. The Morgan fingerprint density at radius 1 is 1.35 bits per heavy atom. The van der Waals surface area contributed by atoms with Crippen molar-refractivity contribution in [3.05, 3.63) is 41.7 Å². The summed E-state index contributed by atoms with van der Waals surface area (Å²) in [6.45, 7) is -0.420. The Kier molecular flexibility index (Phi) is 4.51. The zero-order chi connectivity index (χ0) is 12.9. The van der Waals surface area contributed by atoms with Crippen LogP contribution in [-0.4, -0.2) is 13.2 Å². The number of halogens is 4. The van der Waals surface area contributed by atoms with E-state index in [2.05, 4.69) is 0 Å². The van der Waals surface area contributed by atoms with Gasteiger partial charge < -0.3 is 10.5 Å². The predicted octanol–water partition coefficient (Wildman–Crippen LogP) is 2.90. The van der Waals surface area contributed by atoms with Crippen molar-refractivity contribution in [3.63, 3.8) is 0 Å². The molecule has 0 spiro atoms. The molecule has 0 aliphatic carbocycles. The number of hydrogen-bond acceptors (Lipinski definition) is 2. The quantitative estimate of drug-likeness (QED) is 0.833. The standard InChI is InChI=1S/C11H11F4NO/c12-9(4-5-16)7-17-10-3-1-2-8(6-10)11(13,14)15/h1-4,6H,5,7,16H2. The maximum Gasteiger partial charge on any atom is 0.416 e. The summed E-state index contributed by atoms with van der Waals surface area (Å²) >= 11 is 0. The van der Waals surface area contributed by atoms with E-state index < -0.39 is 24.2 Å². The summed E-state index contributed by atoms with van der Waals surface area (Å²) in [5, 5.41) is 0. The van der Waals surface area contributed by atoms with Gasteiger partial charge in [-0.15, -0.1) is 0 Å².